The Morgan fingerprint density at radius 3 is 2.31 bits per heavy atom. The first-order valence-corrected chi connectivity index (χ1v) is 10.5. The van der Waals surface area contributed by atoms with Gasteiger partial charge in [0, 0.05) is 11.6 Å². The zero-order valence-corrected chi connectivity index (χ0v) is 18.2. The number of carbonyl (C=O) groups excluding carboxylic acids is 3. The second-order valence-electron chi connectivity index (χ2n) is 9.07. The quantitative estimate of drug-likeness (QED) is 0.715. The fourth-order valence-corrected chi connectivity index (χ4v) is 3.50. The summed E-state index contributed by atoms with van der Waals surface area (Å²) in [7, 11) is 0. The highest BCUT2D eigenvalue weighted by atomic mass is 16.5. The van der Waals surface area contributed by atoms with Crippen LogP contribution in [-0.4, -0.2) is 36.5 Å². The molecule has 0 heterocycles. The third kappa shape index (κ3) is 6.87. The summed E-state index contributed by atoms with van der Waals surface area (Å²) in [6, 6.07) is 6.61. The van der Waals surface area contributed by atoms with Crippen LogP contribution in [0.4, 0.5) is 0 Å². The monoisotopic (exact) mass is 402 g/mol. The molecule has 29 heavy (non-hydrogen) atoms. The summed E-state index contributed by atoms with van der Waals surface area (Å²) >= 11 is 0. The van der Waals surface area contributed by atoms with Crippen LogP contribution in [0.25, 0.3) is 0 Å². The minimum atomic E-state index is -0.841. The SMILES string of the molecule is C[C@H](NC(=O)c1ccc(C(C)(C)C)cc1)C(=O)OCC(=O)N[C@H]1CCCC[C@@H]1C. The predicted molar refractivity (Wildman–Crippen MR) is 113 cm³/mol. The molecule has 1 aromatic rings. The van der Waals surface area contributed by atoms with Crippen molar-refractivity contribution < 1.29 is 19.1 Å². The summed E-state index contributed by atoms with van der Waals surface area (Å²) in [6.45, 7) is 9.65. The Balaban J connectivity index is 1.79. The Bertz CT molecular complexity index is 721. The van der Waals surface area contributed by atoms with Crippen LogP contribution in [0.2, 0.25) is 0 Å². The maximum atomic E-state index is 12.4. The summed E-state index contributed by atoms with van der Waals surface area (Å²) in [5, 5.41) is 5.56. The Morgan fingerprint density at radius 2 is 1.72 bits per heavy atom. The minimum absolute atomic E-state index is 0.00208. The maximum Gasteiger partial charge on any atom is 0.328 e. The van der Waals surface area contributed by atoms with E-state index in [9.17, 15) is 14.4 Å². The molecule has 0 bridgehead atoms. The number of benzene rings is 1. The number of hydrogen-bond donors (Lipinski definition) is 2. The summed E-state index contributed by atoms with van der Waals surface area (Å²) in [5.41, 5.74) is 1.60. The van der Waals surface area contributed by atoms with Gasteiger partial charge in [0.15, 0.2) is 6.61 Å². The average molecular weight is 403 g/mol. The van der Waals surface area contributed by atoms with Crippen molar-refractivity contribution in [2.45, 2.75) is 77.8 Å². The highest BCUT2D eigenvalue weighted by Crippen LogP contribution is 2.24. The average Bonchev–Trinajstić information content (AvgIpc) is 2.67. The molecule has 0 saturated heterocycles. The summed E-state index contributed by atoms with van der Waals surface area (Å²) in [5.74, 6) is -0.841. The van der Waals surface area contributed by atoms with Crippen LogP contribution in [0.1, 0.15) is 76.2 Å². The van der Waals surface area contributed by atoms with Crippen molar-refractivity contribution in [1.29, 1.82) is 0 Å². The molecule has 2 rings (SSSR count). The van der Waals surface area contributed by atoms with E-state index in [0.29, 0.717) is 11.5 Å². The number of hydrogen-bond acceptors (Lipinski definition) is 4. The predicted octanol–water partition coefficient (Wildman–Crippen LogP) is 3.34. The molecule has 0 spiro atoms. The van der Waals surface area contributed by atoms with Crippen molar-refractivity contribution in [2.75, 3.05) is 6.61 Å². The van der Waals surface area contributed by atoms with Crippen molar-refractivity contribution >= 4 is 17.8 Å². The fraction of sp³-hybridized carbons (Fsp3) is 0.609. The highest BCUT2D eigenvalue weighted by molar-refractivity contribution is 5.96. The lowest BCUT2D eigenvalue weighted by atomic mass is 9.86. The fourth-order valence-electron chi connectivity index (χ4n) is 3.50. The van der Waals surface area contributed by atoms with E-state index in [1.807, 2.05) is 12.1 Å². The molecule has 6 heteroatoms. The Morgan fingerprint density at radius 1 is 1.10 bits per heavy atom. The van der Waals surface area contributed by atoms with Crippen LogP contribution < -0.4 is 10.6 Å². The van der Waals surface area contributed by atoms with Crippen molar-refractivity contribution in [3.63, 3.8) is 0 Å². The Kier molecular flexibility index (Phi) is 7.82. The topological polar surface area (TPSA) is 84.5 Å². The van der Waals surface area contributed by atoms with E-state index in [4.69, 9.17) is 4.74 Å². The van der Waals surface area contributed by atoms with Crippen LogP contribution >= 0.6 is 0 Å². The van der Waals surface area contributed by atoms with Gasteiger partial charge in [0.05, 0.1) is 0 Å². The molecule has 1 aromatic carbocycles. The summed E-state index contributed by atoms with van der Waals surface area (Å²) in [4.78, 5) is 36.6. The molecule has 1 saturated carbocycles. The van der Waals surface area contributed by atoms with E-state index in [1.54, 1.807) is 19.1 Å². The molecule has 2 N–H and O–H groups in total. The van der Waals surface area contributed by atoms with Crippen molar-refractivity contribution in [3.05, 3.63) is 35.4 Å². The van der Waals surface area contributed by atoms with E-state index in [0.717, 1.165) is 24.8 Å². The molecule has 0 aromatic heterocycles. The van der Waals surface area contributed by atoms with Gasteiger partial charge in [-0.1, -0.05) is 52.7 Å². The number of esters is 1. The largest absolute Gasteiger partial charge is 0.454 e. The van der Waals surface area contributed by atoms with Gasteiger partial charge in [-0.15, -0.1) is 0 Å². The van der Waals surface area contributed by atoms with Gasteiger partial charge in [-0.3, -0.25) is 9.59 Å². The first-order valence-electron chi connectivity index (χ1n) is 10.5. The highest BCUT2D eigenvalue weighted by Gasteiger charge is 2.24. The van der Waals surface area contributed by atoms with Crippen molar-refractivity contribution in [1.82, 2.24) is 10.6 Å². The van der Waals surface area contributed by atoms with Crippen LogP contribution in [0.3, 0.4) is 0 Å². The first-order chi connectivity index (χ1) is 13.6. The van der Waals surface area contributed by atoms with Gasteiger partial charge in [0.25, 0.3) is 11.8 Å². The summed E-state index contributed by atoms with van der Waals surface area (Å²) < 4.78 is 5.08. The van der Waals surface area contributed by atoms with E-state index in [1.165, 1.54) is 6.42 Å². The lowest BCUT2D eigenvalue weighted by Crippen LogP contribution is -2.44. The first kappa shape index (κ1) is 22.9. The standard InChI is InChI=1S/C23H34N2O4/c1-15-8-6-7-9-19(15)25-20(26)14-29-22(28)16(2)24-21(27)17-10-12-18(13-11-17)23(3,4)5/h10-13,15-16,19H,6-9,14H2,1-5H3,(H,24,27)(H,25,26)/t15-,16-,19-/m0/s1. The van der Waals surface area contributed by atoms with Crippen molar-refractivity contribution in [3.8, 4) is 0 Å². The number of rotatable bonds is 6. The third-order valence-corrected chi connectivity index (χ3v) is 5.52. The lowest BCUT2D eigenvalue weighted by molar-refractivity contribution is -0.150. The second-order valence-corrected chi connectivity index (χ2v) is 9.07. The third-order valence-electron chi connectivity index (χ3n) is 5.52. The van der Waals surface area contributed by atoms with Crippen LogP contribution in [0, 0.1) is 5.92 Å². The Hall–Kier alpha value is -2.37. The molecule has 0 unspecified atom stereocenters. The van der Waals surface area contributed by atoms with Gasteiger partial charge >= 0.3 is 5.97 Å². The van der Waals surface area contributed by atoms with Gasteiger partial charge in [-0.2, -0.15) is 0 Å². The molecule has 1 aliphatic carbocycles. The van der Waals surface area contributed by atoms with E-state index < -0.39 is 12.0 Å². The molecule has 1 fully saturated rings. The van der Waals surface area contributed by atoms with Gasteiger partial charge in [0.2, 0.25) is 0 Å². The molecule has 0 aliphatic heterocycles. The number of ether oxygens (including phenoxy) is 1. The normalized spacial score (nSPS) is 20.4. The molecule has 2 amide bonds. The summed E-state index contributed by atoms with van der Waals surface area (Å²) in [6.07, 6.45) is 4.36. The number of nitrogens with one attached hydrogen (secondary N) is 2. The van der Waals surface area contributed by atoms with Gasteiger partial charge < -0.3 is 15.4 Å². The van der Waals surface area contributed by atoms with Crippen molar-refractivity contribution in [2.24, 2.45) is 5.92 Å². The molecule has 1 aliphatic rings. The molecule has 3 atom stereocenters. The number of amides is 2. The zero-order chi connectivity index (χ0) is 21.6. The number of carbonyl (C=O) groups is 3. The van der Waals surface area contributed by atoms with Crippen LogP contribution in [-0.2, 0) is 19.7 Å². The maximum absolute atomic E-state index is 12.4. The van der Waals surface area contributed by atoms with Gasteiger partial charge in [-0.05, 0) is 48.8 Å². The molecular formula is C23H34N2O4. The van der Waals surface area contributed by atoms with Gasteiger partial charge in [0.1, 0.15) is 6.04 Å². The second kappa shape index (κ2) is 9.90. The van der Waals surface area contributed by atoms with E-state index in [-0.39, 0.29) is 29.9 Å². The minimum Gasteiger partial charge on any atom is -0.454 e. The van der Waals surface area contributed by atoms with Gasteiger partial charge in [-0.25, -0.2) is 4.79 Å². The lowest BCUT2D eigenvalue weighted by Gasteiger charge is -2.29. The molecule has 160 valence electrons. The smallest absolute Gasteiger partial charge is 0.328 e. The molecule has 6 nitrogen and oxygen atoms in total. The van der Waals surface area contributed by atoms with E-state index in [2.05, 4.69) is 38.3 Å². The zero-order valence-electron chi connectivity index (χ0n) is 18.2. The molecular weight excluding hydrogens is 368 g/mol. The Labute approximate surface area is 173 Å². The van der Waals surface area contributed by atoms with Crippen LogP contribution in [0.5, 0.6) is 0 Å². The molecule has 0 radical (unpaired) electrons. The van der Waals surface area contributed by atoms with E-state index >= 15 is 0 Å². The van der Waals surface area contributed by atoms with Crippen LogP contribution in [0.15, 0.2) is 24.3 Å².